The first-order valence-corrected chi connectivity index (χ1v) is 11.0. The van der Waals surface area contributed by atoms with Gasteiger partial charge >= 0.3 is 0 Å². The largest absolute Gasteiger partial charge is 0.497 e. The molecule has 162 valence electrons. The van der Waals surface area contributed by atoms with Crippen LogP contribution in [0.5, 0.6) is 5.75 Å². The third-order valence-electron chi connectivity index (χ3n) is 6.10. The van der Waals surface area contributed by atoms with Gasteiger partial charge in [0.25, 0.3) is 5.56 Å². The fraction of sp³-hybridized carbons (Fsp3) is 0.231. The van der Waals surface area contributed by atoms with Crippen molar-refractivity contribution in [2.45, 2.75) is 32.2 Å². The quantitative estimate of drug-likeness (QED) is 0.481. The Bertz CT molecular complexity index is 1350. The van der Waals surface area contributed by atoms with Gasteiger partial charge in [0.1, 0.15) is 17.1 Å². The van der Waals surface area contributed by atoms with E-state index in [-0.39, 0.29) is 12.1 Å². The van der Waals surface area contributed by atoms with Crippen molar-refractivity contribution in [2.24, 2.45) is 5.73 Å². The molecule has 0 saturated heterocycles. The van der Waals surface area contributed by atoms with Gasteiger partial charge in [-0.2, -0.15) is 9.61 Å². The van der Waals surface area contributed by atoms with Gasteiger partial charge < -0.3 is 15.5 Å². The summed E-state index contributed by atoms with van der Waals surface area (Å²) in [5.74, 6) is 0.734. The molecule has 0 aliphatic heterocycles. The van der Waals surface area contributed by atoms with Crippen molar-refractivity contribution in [2.75, 3.05) is 7.11 Å². The van der Waals surface area contributed by atoms with Crippen molar-refractivity contribution in [3.63, 3.8) is 0 Å². The number of allylic oxidation sites excluding steroid dienone is 2. The highest BCUT2D eigenvalue weighted by Gasteiger charge is 2.23. The Hall–Kier alpha value is -3.64. The lowest BCUT2D eigenvalue weighted by Gasteiger charge is -2.14. The molecule has 0 radical (unpaired) electrons. The zero-order chi connectivity index (χ0) is 22.1. The maximum absolute atomic E-state index is 13.7. The Morgan fingerprint density at radius 1 is 1.03 bits per heavy atom. The van der Waals surface area contributed by atoms with Crippen LogP contribution in [-0.2, 0) is 6.54 Å². The van der Waals surface area contributed by atoms with Gasteiger partial charge in [0.05, 0.1) is 12.7 Å². The average molecular weight is 427 g/mol. The molecule has 2 aromatic carbocycles. The lowest BCUT2D eigenvalue weighted by atomic mass is 9.92. The maximum Gasteiger partial charge on any atom is 0.282 e. The molecule has 1 aliphatic carbocycles. The minimum atomic E-state index is -0.177. The number of rotatable bonds is 5. The third-order valence-corrected chi connectivity index (χ3v) is 6.10. The Balaban J connectivity index is 1.81. The molecule has 0 saturated carbocycles. The van der Waals surface area contributed by atoms with Gasteiger partial charge in [0.2, 0.25) is 0 Å². The number of nitrogens with zero attached hydrogens (tertiary/aromatic N) is 2. The molecule has 3 N–H and O–H groups in total. The number of benzene rings is 2. The van der Waals surface area contributed by atoms with Crippen LogP contribution >= 0.6 is 0 Å². The van der Waals surface area contributed by atoms with Gasteiger partial charge in [-0.3, -0.25) is 4.79 Å². The SMILES string of the molecule is COc1ccc(-c2c(CN)[nH]c3c(C4=CCCCC4)c(-c4ccccc4)nn3c2=O)cc1. The van der Waals surface area contributed by atoms with Crippen LogP contribution in [0.15, 0.2) is 65.5 Å². The zero-order valence-corrected chi connectivity index (χ0v) is 18.1. The highest BCUT2D eigenvalue weighted by atomic mass is 16.5. The van der Waals surface area contributed by atoms with Crippen LogP contribution in [0.1, 0.15) is 36.9 Å². The van der Waals surface area contributed by atoms with Crippen molar-refractivity contribution in [1.29, 1.82) is 0 Å². The zero-order valence-electron chi connectivity index (χ0n) is 18.1. The van der Waals surface area contributed by atoms with Crippen molar-refractivity contribution >= 4 is 11.2 Å². The lowest BCUT2D eigenvalue weighted by molar-refractivity contribution is 0.415. The summed E-state index contributed by atoms with van der Waals surface area (Å²) in [6.07, 6.45) is 6.62. The van der Waals surface area contributed by atoms with E-state index in [4.69, 9.17) is 15.6 Å². The minimum Gasteiger partial charge on any atom is -0.497 e. The number of nitrogens with one attached hydrogen (secondary N) is 1. The molecule has 1 aliphatic rings. The molecule has 5 rings (SSSR count). The van der Waals surface area contributed by atoms with Gasteiger partial charge in [0.15, 0.2) is 0 Å². The number of aromatic nitrogens is 3. The van der Waals surface area contributed by atoms with E-state index < -0.39 is 0 Å². The first-order chi connectivity index (χ1) is 15.7. The number of nitrogens with two attached hydrogens (primary N) is 1. The molecule has 0 bridgehead atoms. The summed E-state index contributed by atoms with van der Waals surface area (Å²) in [7, 11) is 1.62. The van der Waals surface area contributed by atoms with Gasteiger partial charge in [0, 0.05) is 23.4 Å². The van der Waals surface area contributed by atoms with E-state index in [1.54, 1.807) is 7.11 Å². The molecule has 2 aromatic heterocycles. The highest BCUT2D eigenvalue weighted by Crippen LogP contribution is 2.36. The normalized spacial score (nSPS) is 13.9. The van der Waals surface area contributed by atoms with E-state index in [9.17, 15) is 4.79 Å². The highest BCUT2D eigenvalue weighted by molar-refractivity contribution is 5.88. The Labute approximate surface area is 186 Å². The average Bonchev–Trinajstić information content (AvgIpc) is 3.25. The monoisotopic (exact) mass is 426 g/mol. The molecular weight excluding hydrogens is 400 g/mol. The van der Waals surface area contributed by atoms with Crippen LogP contribution in [0.2, 0.25) is 0 Å². The summed E-state index contributed by atoms with van der Waals surface area (Å²) in [4.78, 5) is 17.2. The van der Waals surface area contributed by atoms with Crippen molar-refractivity contribution in [3.8, 4) is 28.1 Å². The minimum absolute atomic E-state index is 0.177. The topological polar surface area (TPSA) is 85.4 Å². The molecule has 32 heavy (non-hydrogen) atoms. The first kappa shape index (κ1) is 20.3. The standard InChI is InChI=1S/C26H26N4O2/c1-32-20-14-12-18(13-15-20)22-21(16-27)28-25-23(17-8-4-2-5-9-17)24(29-30(25)26(22)31)19-10-6-3-7-11-19/h3,6-8,10-15,28H,2,4-5,9,16,27H2,1H3. The number of aromatic amines is 1. The fourth-order valence-corrected chi connectivity index (χ4v) is 4.50. The van der Waals surface area contributed by atoms with Crippen LogP contribution in [-0.4, -0.2) is 21.7 Å². The van der Waals surface area contributed by atoms with E-state index in [2.05, 4.69) is 11.1 Å². The van der Waals surface area contributed by atoms with Crippen molar-refractivity contribution in [1.82, 2.24) is 14.6 Å². The summed E-state index contributed by atoms with van der Waals surface area (Å²) in [6, 6.07) is 17.5. The molecule has 0 atom stereocenters. The third kappa shape index (κ3) is 3.42. The van der Waals surface area contributed by atoms with Gasteiger partial charge in [-0.05, 0) is 49.0 Å². The second-order valence-corrected chi connectivity index (χ2v) is 8.04. The van der Waals surface area contributed by atoms with E-state index in [0.717, 1.165) is 47.4 Å². The number of fused-ring (bicyclic) bond motifs is 1. The number of H-pyrrole nitrogens is 1. The molecule has 0 spiro atoms. The van der Waals surface area contributed by atoms with Crippen molar-refractivity contribution < 1.29 is 4.74 Å². The summed E-state index contributed by atoms with van der Waals surface area (Å²) < 4.78 is 6.77. The van der Waals surface area contributed by atoms with Crippen molar-refractivity contribution in [3.05, 3.63) is 82.3 Å². The van der Waals surface area contributed by atoms with Crippen LogP contribution in [0.25, 0.3) is 33.6 Å². The lowest BCUT2D eigenvalue weighted by Crippen LogP contribution is -2.21. The Morgan fingerprint density at radius 2 is 1.81 bits per heavy atom. The molecule has 0 unspecified atom stereocenters. The van der Waals surface area contributed by atoms with Gasteiger partial charge in [-0.15, -0.1) is 0 Å². The maximum atomic E-state index is 13.7. The van der Waals surface area contributed by atoms with Crippen LogP contribution in [0.4, 0.5) is 0 Å². The summed E-state index contributed by atoms with van der Waals surface area (Å²) in [5.41, 5.74) is 12.7. The Kier molecular flexibility index (Phi) is 5.37. The van der Waals surface area contributed by atoms with E-state index in [0.29, 0.717) is 16.9 Å². The smallest absolute Gasteiger partial charge is 0.282 e. The molecule has 6 heteroatoms. The van der Waals surface area contributed by atoms with Crippen LogP contribution in [0, 0.1) is 0 Å². The van der Waals surface area contributed by atoms with Crippen LogP contribution in [0.3, 0.4) is 0 Å². The number of hydrogen-bond acceptors (Lipinski definition) is 4. The number of ether oxygens (including phenoxy) is 1. The number of methoxy groups -OCH3 is 1. The molecular formula is C26H26N4O2. The van der Waals surface area contributed by atoms with Gasteiger partial charge in [-0.25, -0.2) is 0 Å². The second kappa shape index (κ2) is 8.48. The van der Waals surface area contributed by atoms with E-state index in [1.165, 1.54) is 16.5 Å². The molecule has 0 fully saturated rings. The molecule has 6 nitrogen and oxygen atoms in total. The predicted octanol–water partition coefficient (Wildman–Crippen LogP) is 4.78. The second-order valence-electron chi connectivity index (χ2n) is 8.04. The van der Waals surface area contributed by atoms with E-state index >= 15 is 0 Å². The molecule has 4 aromatic rings. The van der Waals surface area contributed by atoms with E-state index in [1.807, 2.05) is 54.6 Å². The summed E-state index contributed by atoms with van der Waals surface area (Å²) in [5, 5.41) is 4.82. The molecule has 2 heterocycles. The Morgan fingerprint density at radius 3 is 2.47 bits per heavy atom. The predicted molar refractivity (Wildman–Crippen MR) is 128 cm³/mol. The summed E-state index contributed by atoms with van der Waals surface area (Å²) >= 11 is 0. The van der Waals surface area contributed by atoms with Crippen LogP contribution < -0.4 is 16.0 Å². The van der Waals surface area contributed by atoms with Gasteiger partial charge in [-0.1, -0.05) is 48.5 Å². The molecule has 0 amide bonds. The summed E-state index contributed by atoms with van der Waals surface area (Å²) in [6.45, 7) is 0.220. The fourth-order valence-electron chi connectivity index (χ4n) is 4.50. The first-order valence-electron chi connectivity index (χ1n) is 11.0. The number of hydrogen-bond donors (Lipinski definition) is 2.